The van der Waals surface area contributed by atoms with Gasteiger partial charge < -0.3 is 10.6 Å². The van der Waals surface area contributed by atoms with E-state index in [2.05, 4.69) is 58.2 Å². The number of aryl methyl sites for hydroxylation is 1. The Morgan fingerprint density at radius 2 is 2.09 bits per heavy atom. The molecule has 124 valence electrons. The van der Waals surface area contributed by atoms with E-state index >= 15 is 0 Å². The van der Waals surface area contributed by atoms with Crippen LogP contribution in [0.3, 0.4) is 0 Å². The van der Waals surface area contributed by atoms with Gasteiger partial charge in [0.05, 0.1) is 6.54 Å². The summed E-state index contributed by atoms with van der Waals surface area (Å²) in [6.07, 6.45) is 6.89. The van der Waals surface area contributed by atoms with Crippen LogP contribution in [0.1, 0.15) is 18.9 Å². The third-order valence-electron chi connectivity index (χ3n) is 3.34. The Morgan fingerprint density at radius 1 is 1.26 bits per heavy atom. The third kappa shape index (κ3) is 6.36. The molecule has 23 heavy (non-hydrogen) atoms. The maximum Gasteiger partial charge on any atom is 0.191 e. The van der Waals surface area contributed by atoms with Crippen LogP contribution in [0.4, 0.5) is 0 Å². The summed E-state index contributed by atoms with van der Waals surface area (Å²) in [6.45, 7) is 5.40. The molecule has 0 bridgehead atoms. The van der Waals surface area contributed by atoms with Crippen LogP contribution in [-0.4, -0.2) is 35.1 Å². The Bertz CT molecular complexity index is 578. The minimum Gasteiger partial charge on any atom is -0.357 e. The van der Waals surface area contributed by atoms with Crippen LogP contribution in [0.15, 0.2) is 52.6 Å². The number of hydrogen-bond donors (Lipinski definition) is 2. The van der Waals surface area contributed by atoms with Crippen molar-refractivity contribution in [2.45, 2.75) is 31.3 Å². The molecule has 2 aromatic rings. The fourth-order valence-corrected chi connectivity index (χ4v) is 2.53. The van der Waals surface area contributed by atoms with Gasteiger partial charge in [-0.05, 0) is 43.4 Å². The van der Waals surface area contributed by atoms with Gasteiger partial charge in [0.2, 0.25) is 0 Å². The van der Waals surface area contributed by atoms with E-state index in [4.69, 9.17) is 0 Å². The number of rotatable bonds is 8. The van der Waals surface area contributed by atoms with Crippen LogP contribution in [-0.2, 0) is 13.1 Å². The molecule has 0 aliphatic heterocycles. The molecule has 5 nitrogen and oxygen atoms in total. The summed E-state index contributed by atoms with van der Waals surface area (Å²) in [5, 5.41) is 10.9. The SMILES string of the molecule is CCNC(=NCc1ccc(SC)cc1)NCCCn1cccn1. The zero-order valence-electron chi connectivity index (χ0n) is 13.8. The molecule has 2 rings (SSSR count). The van der Waals surface area contributed by atoms with Crippen molar-refractivity contribution >= 4 is 17.7 Å². The average molecular weight is 331 g/mol. The van der Waals surface area contributed by atoms with Gasteiger partial charge in [0.25, 0.3) is 0 Å². The molecular formula is C17H25N5S. The molecule has 0 fully saturated rings. The van der Waals surface area contributed by atoms with E-state index in [-0.39, 0.29) is 0 Å². The monoisotopic (exact) mass is 331 g/mol. The van der Waals surface area contributed by atoms with E-state index in [0.717, 1.165) is 32.0 Å². The number of aromatic nitrogens is 2. The average Bonchev–Trinajstić information content (AvgIpc) is 3.10. The molecule has 0 saturated carbocycles. The number of nitrogens with one attached hydrogen (secondary N) is 2. The molecule has 0 atom stereocenters. The van der Waals surface area contributed by atoms with Crippen molar-refractivity contribution in [1.29, 1.82) is 0 Å². The Hall–Kier alpha value is -1.95. The second-order valence-corrected chi connectivity index (χ2v) is 5.97. The van der Waals surface area contributed by atoms with Gasteiger partial charge in [0.15, 0.2) is 5.96 Å². The molecule has 6 heteroatoms. The zero-order chi connectivity index (χ0) is 16.3. The van der Waals surface area contributed by atoms with Crippen LogP contribution in [0, 0.1) is 0 Å². The van der Waals surface area contributed by atoms with Crippen LogP contribution < -0.4 is 10.6 Å². The highest BCUT2D eigenvalue weighted by molar-refractivity contribution is 7.98. The number of aliphatic imine (C=N–C) groups is 1. The number of benzene rings is 1. The molecule has 0 unspecified atom stereocenters. The fraction of sp³-hybridized carbons (Fsp3) is 0.412. The van der Waals surface area contributed by atoms with E-state index in [1.807, 2.05) is 16.9 Å². The maximum atomic E-state index is 4.64. The summed E-state index contributed by atoms with van der Waals surface area (Å²) < 4.78 is 1.94. The first-order valence-electron chi connectivity index (χ1n) is 7.94. The van der Waals surface area contributed by atoms with Crippen LogP contribution >= 0.6 is 11.8 Å². The lowest BCUT2D eigenvalue weighted by Gasteiger charge is -2.11. The van der Waals surface area contributed by atoms with Gasteiger partial charge in [-0.15, -0.1) is 11.8 Å². The molecule has 0 saturated heterocycles. The largest absolute Gasteiger partial charge is 0.357 e. The van der Waals surface area contributed by atoms with E-state index in [1.165, 1.54) is 10.5 Å². The molecule has 0 aliphatic rings. The first kappa shape index (κ1) is 17.4. The molecule has 1 aromatic carbocycles. The van der Waals surface area contributed by atoms with Gasteiger partial charge >= 0.3 is 0 Å². The van der Waals surface area contributed by atoms with Crippen molar-refractivity contribution in [2.75, 3.05) is 19.3 Å². The maximum absolute atomic E-state index is 4.64. The zero-order valence-corrected chi connectivity index (χ0v) is 14.6. The van der Waals surface area contributed by atoms with Crippen LogP contribution in [0.25, 0.3) is 0 Å². The molecule has 0 aliphatic carbocycles. The van der Waals surface area contributed by atoms with Gasteiger partial charge in [-0.1, -0.05) is 12.1 Å². The normalized spacial score (nSPS) is 11.5. The van der Waals surface area contributed by atoms with Crippen molar-refractivity contribution in [1.82, 2.24) is 20.4 Å². The summed E-state index contributed by atoms with van der Waals surface area (Å²) in [4.78, 5) is 5.92. The van der Waals surface area contributed by atoms with E-state index < -0.39 is 0 Å². The van der Waals surface area contributed by atoms with Gasteiger partial charge in [0.1, 0.15) is 0 Å². The predicted octanol–water partition coefficient (Wildman–Crippen LogP) is 2.75. The summed E-state index contributed by atoms with van der Waals surface area (Å²) in [6, 6.07) is 10.5. The Morgan fingerprint density at radius 3 is 2.74 bits per heavy atom. The molecule has 0 radical (unpaired) electrons. The topological polar surface area (TPSA) is 54.2 Å². The second-order valence-electron chi connectivity index (χ2n) is 5.09. The highest BCUT2D eigenvalue weighted by Crippen LogP contribution is 2.15. The Balaban J connectivity index is 1.78. The van der Waals surface area contributed by atoms with Crippen LogP contribution in [0.5, 0.6) is 0 Å². The van der Waals surface area contributed by atoms with E-state index in [0.29, 0.717) is 6.54 Å². The molecule has 2 N–H and O–H groups in total. The standard InChI is InChI=1S/C17H25N5S/c1-3-18-17(19-10-4-12-22-13-5-11-21-22)20-14-15-6-8-16(23-2)9-7-15/h5-9,11,13H,3-4,10,12,14H2,1-2H3,(H2,18,19,20). The molecule has 0 amide bonds. The van der Waals surface area contributed by atoms with E-state index in [9.17, 15) is 0 Å². The predicted molar refractivity (Wildman–Crippen MR) is 97.9 cm³/mol. The minimum atomic E-state index is 0.684. The lowest BCUT2D eigenvalue weighted by Crippen LogP contribution is -2.38. The number of nitrogens with zero attached hydrogens (tertiary/aromatic N) is 3. The highest BCUT2D eigenvalue weighted by Gasteiger charge is 1.98. The Kier molecular flexibility index (Phi) is 7.52. The Labute approximate surface area is 142 Å². The van der Waals surface area contributed by atoms with Crippen molar-refractivity contribution < 1.29 is 0 Å². The van der Waals surface area contributed by atoms with Crippen molar-refractivity contribution in [3.63, 3.8) is 0 Å². The number of hydrogen-bond acceptors (Lipinski definition) is 3. The van der Waals surface area contributed by atoms with Gasteiger partial charge in [-0.3, -0.25) is 4.68 Å². The summed E-state index contributed by atoms with van der Waals surface area (Å²) in [7, 11) is 0. The van der Waals surface area contributed by atoms with Gasteiger partial charge in [0, 0.05) is 36.9 Å². The fourth-order valence-electron chi connectivity index (χ4n) is 2.12. The molecule has 0 spiro atoms. The van der Waals surface area contributed by atoms with E-state index in [1.54, 1.807) is 18.0 Å². The van der Waals surface area contributed by atoms with Crippen molar-refractivity contribution in [3.8, 4) is 0 Å². The minimum absolute atomic E-state index is 0.684. The second kappa shape index (κ2) is 9.94. The molecule has 1 aromatic heterocycles. The number of guanidine groups is 1. The molecule has 1 heterocycles. The third-order valence-corrected chi connectivity index (χ3v) is 4.08. The first-order valence-corrected chi connectivity index (χ1v) is 9.17. The van der Waals surface area contributed by atoms with Crippen molar-refractivity contribution in [2.24, 2.45) is 4.99 Å². The summed E-state index contributed by atoms with van der Waals surface area (Å²) in [5.41, 5.74) is 1.22. The number of thioether (sulfide) groups is 1. The van der Waals surface area contributed by atoms with Crippen LogP contribution in [0.2, 0.25) is 0 Å². The molecular weight excluding hydrogens is 306 g/mol. The summed E-state index contributed by atoms with van der Waals surface area (Å²) >= 11 is 1.75. The quantitative estimate of drug-likeness (QED) is 0.338. The van der Waals surface area contributed by atoms with Gasteiger partial charge in [-0.25, -0.2) is 4.99 Å². The summed E-state index contributed by atoms with van der Waals surface area (Å²) in [5.74, 6) is 0.863. The highest BCUT2D eigenvalue weighted by atomic mass is 32.2. The van der Waals surface area contributed by atoms with Crippen molar-refractivity contribution in [3.05, 3.63) is 48.3 Å². The lowest BCUT2D eigenvalue weighted by molar-refractivity contribution is 0.570. The first-order chi connectivity index (χ1) is 11.3. The van der Waals surface area contributed by atoms with Gasteiger partial charge in [-0.2, -0.15) is 5.10 Å². The smallest absolute Gasteiger partial charge is 0.191 e. The lowest BCUT2D eigenvalue weighted by atomic mass is 10.2.